The Balaban J connectivity index is 1.80. The van der Waals surface area contributed by atoms with E-state index in [-0.39, 0.29) is 11.7 Å². The van der Waals surface area contributed by atoms with Gasteiger partial charge in [0, 0.05) is 25.2 Å². The third-order valence-corrected chi connectivity index (χ3v) is 7.93. The van der Waals surface area contributed by atoms with Crippen LogP contribution in [0.2, 0.25) is 0 Å². The van der Waals surface area contributed by atoms with Crippen LogP contribution in [0.5, 0.6) is 0 Å². The molecule has 8 nitrogen and oxygen atoms in total. The number of ether oxygens (including phenoxy) is 1. The molecule has 0 spiro atoms. The topological polar surface area (TPSA) is 119 Å². The van der Waals surface area contributed by atoms with Crippen LogP contribution in [0.1, 0.15) is 25.7 Å². The molecule has 1 heterocycles. The van der Waals surface area contributed by atoms with Crippen molar-refractivity contribution < 1.29 is 34.7 Å². The zero-order valence-electron chi connectivity index (χ0n) is 16.1. The van der Waals surface area contributed by atoms with Gasteiger partial charge in [-0.2, -0.15) is 13.2 Å². The largest absolute Gasteiger partial charge is 0.501 e. The summed E-state index contributed by atoms with van der Waals surface area (Å²) in [7, 11) is -10.1. The molecule has 2 fully saturated rings. The lowest BCUT2D eigenvalue weighted by Gasteiger charge is -2.39. The minimum absolute atomic E-state index is 0.232. The summed E-state index contributed by atoms with van der Waals surface area (Å²) in [5.41, 5.74) is -5.86. The lowest BCUT2D eigenvalue weighted by atomic mass is 9.90. The monoisotopic (exact) mass is 471 g/mol. The van der Waals surface area contributed by atoms with Crippen LogP contribution >= 0.6 is 0 Å². The minimum Gasteiger partial charge on any atom is -0.381 e. The van der Waals surface area contributed by atoms with Gasteiger partial charge in [-0.05, 0) is 43.9 Å². The molecule has 3 N–H and O–H groups in total. The Morgan fingerprint density at radius 3 is 2.17 bits per heavy atom. The Kier molecular flexibility index (Phi) is 6.68. The molecule has 1 aliphatic carbocycles. The van der Waals surface area contributed by atoms with E-state index >= 15 is 0 Å². The number of nitrogens with one attached hydrogen (secondary N) is 1. The molecule has 170 valence electrons. The van der Waals surface area contributed by atoms with Gasteiger partial charge >= 0.3 is 5.51 Å². The summed E-state index contributed by atoms with van der Waals surface area (Å²) in [6.07, 6.45) is 2.91. The number of sulfonamides is 1. The van der Waals surface area contributed by atoms with Gasteiger partial charge in [0.15, 0.2) is 0 Å². The molecule has 0 unspecified atom stereocenters. The maximum Gasteiger partial charge on any atom is 0.501 e. The van der Waals surface area contributed by atoms with Crippen LogP contribution in [0, 0.1) is 0 Å². The van der Waals surface area contributed by atoms with E-state index in [4.69, 9.17) is 9.88 Å². The molecule has 0 atom stereocenters. The summed E-state index contributed by atoms with van der Waals surface area (Å²) in [6, 6.07) is 2.60. The maximum atomic E-state index is 13.2. The Morgan fingerprint density at radius 2 is 1.63 bits per heavy atom. The molecule has 1 aromatic carbocycles. The molecule has 1 saturated heterocycles. The number of hydrogen-bond acceptors (Lipinski definition) is 7. The van der Waals surface area contributed by atoms with Gasteiger partial charge in [-0.15, -0.1) is 0 Å². The molecule has 13 heteroatoms. The van der Waals surface area contributed by atoms with Gasteiger partial charge in [-0.25, -0.2) is 22.0 Å². The third-order valence-electron chi connectivity index (χ3n) is 5.49. The first-order valence-corrected chi connectivity index (χ1v) is 12.5. The summed E-state index contributed by atoms with van der Waals surface area (Å²) in [4.78, 5) is 0.490. The number of morpholine rings is 1. The van der Waals surface area contributed by atoms with E-state index in [1.807, 2.05) is 0 Å². The number of rotatable bonds is 5. The second-order valence-electron chi connectivity index (χ2n) is 7.45. The molecule has 1 aromatic rings. The van der Waals surface area contributed by atoms with Crippen LogP contribution in [0.3, 0.4) is 0 Å². The highest BCUT2D eigenvalue weighted by atomic mass is 32.2. The number of hydrogen-bond donors (Lipinski definition) is 2. The van der Waals surface area contributed by atoms with Crippen LogP contribution in [0.4, 0.5) is 18.9 Å². The quantitative estimate of drug-likeness (QED) is 0.671. The average molecular weight is 472 g/mol. The fourth-order valence-electron chi connectivity index (χ4n) is 3.89. The third kappa shape index (κ3) is 5.07. The number of sulfone groups is 1. The molecule has 0 amide bonds. The number of nitrogens with zero attached hydrogens (tertiary/aromatic N) is 1. The van der Waals surface area contributed by atoms with Gasteiger partial charge in [0.25, 0.3) is 9.84 Å². The zero-order valence-corrected chi connectivity index (χ0v) is 17.7. The van der Waals surface area contributed by atoms with Crippen molar-refractivity contribution in [1.82, 2.24) is 4.90 Å². The van der Waals surface area contributed by atoms with Crippen LogP contribution < -0.4 is 10.5 Å². The van der Waals surface area contributed by atoms with Crippen molar-refractivity contribution in [3.63, 3.8) is 0 Å². The fraction of sp³-hybridized carbons (Fsp3) is 0.647. The summed E-state index contributed by atoms with van der Waals surface area (Å²) in [5, 5.41) is 7.83. The van der Waals surface area contributed by atoms with Crippen LogP contribution in [-0.2, 0) is 24.6 Å². The van der Waals surface area contributed by atoms with E-state index in [1.54, 1.807) is 0 Å². The predicted molar refractivity (Wildman–Crippen MR) is 103 cm³/mol. The SMILES string of the molecule is NS(=O)(=O)c1ccc(NC2CCC(N3CCOCC3)CC2)c(S(=O)(=O)C(F)(F)F)c1. The number of halogens is 3. The second-order valence-corrected chi connectivity index (χ2v) is 10.9. The summed E-state index contributed by atoms with van der Waals surface area (Å²) >= 11 is 0. The highest BCUT2D eigenvalue weighted by Crippen LogP contribution is 2.37. The summed E-state index contributed by atoms with van der Waals surface area (Å²) in [6.45, 7) is 3.03. The molecule has 3 rings (SSSR count). The van der Waals surface area contributed by atoms with Crippen molar-refractivity contribution in [1.29, 1.82) is 0 Å². The van der Waals surface area contributed by atoms with Crippen molar-refractivity contribution in [2.45, 2.75) is 53.1 Å². The van der Waals surface area contributed by atoms with Gasteiger partial charge in [-0.1, -0.05) is 0 Å². The standard InChI is InChI=1S/C17H24F3N3O5S2/c18-17(19,20)29(24,25)16-11-14(30(21,26)27)5-6-15(16)22-12-1-3-13(4-2-12)23-7-9-28-10-8-23/h5-6,11-13,22H,1-4,7-10H2,(H2,21,26,27). The van der Waals surface area contributed by atoms with Crippen LogP contribution in [0.15, 0.2) is 28.0 Å². The smallest absolute Gasteiger partial charge is 0.381 e. The number of anilines is 1. The molecule has 0 aromatic heterocycles. The zero-order chi connectivity index (χ0) is 22.2. The number of benzene rings is 1. The van der Waals surface area contributed by atoms with Gasteiger partial charge in [-0.3, -0.25) is 4.90 Å². The first-order valence-electron chi connectivity index (χ1n) is 9.46. The van der Waals surface area contributed by atoms with Gasteiger partial charge in [0.1, 0.15) is 4.90 Å². The Bertz CT molecular complexity index is 969. The Labute approximate surface area is 173 Å². The molecule has 0 bridgehead atoms. The molecule has 1 saturated carbocycles. The molecule has 2 aliphatic rings. The van der Waals surface area contributed by atoms with E-state index in [1.165, 1.54) is 0 Å². The van der Waals surface area contributed by atoms with Gasteiger partial charge in [0.2, 0.25) is 10.0 Å². The molecule has 0 radical (unpaired) electrons. The van der Waals surface area contributed by atoms with Gasteiger partial charge in [0.05, 0.1) is 23.8 Å². The number of alkyl halides is 3. The average Bonchev–Trinajstić information content (AvgIpc) is 2.68. The first kappa shape index (κ1) is 23.3. The number of primary sulfonamides is 1. The van der Waals surface area contributed by atoms with E-state index in [2.05, 4.69) is 10.2 Å². The fourth-order valence-corrected chi connectivity index (χ4v) is 5.46. The molecular weight excluding hydrogens is 447 g/mol. The Morgan fingerprint density at radius 1 is 1.03 bits per heavy atom. The van der Waals surface area contributed by atoms with Crippen molar-refractivity contribution in [2.24, 2.45) is 5.14 Å². The van der Waals surface area contributed by atoms with Crippen molar-refractivity contribution in [2.75, 3.05) is 31.6 Å². The normalized spacial score (nSPS) is 24.5. The maximum absolute atomic E-state index is 13.2. The lowest BCUT2D eigenvalue weighted by molar-refractivity contribution is -0.0435. The lowest BCUT2D eigenvalue weighted by Crippen LogP contribution is -2.46. The van der Waals surface area contributed by atoms with Crippen molar-refractivity contribution in [3.05, 3.63) is 18.2 Å². The highest BCUT2D eigenvalue weighted by Gasteiger charge is 2.48. The minimum atomic E-state index is -5.77. The van der Waals surface area contributed by atoms with Crippen molar-refractivity contribution >= 4 is 25.5 Å². The molecular formula is C17H24F3N3O5S2. The molecule has 30 heavy (non-hydrogen) atoms. The molecule has 1 aliphatic heterocycles. The second kappa shape index (κ2) is 8.61. The van der Waals surface area contributed by atoms with Gasteiger partial charge < -0.3 is 10.1 Å². The van der Waals surface area contributed by atoms with Crippen molar-refractivity contribution in [3.8, 4) is 0 Å². The van der Waals surface area contributed by atoms with Crippen LogP contribution in [-0.4, -0.2) is 65.6 Å². The van der Waals surface area contributed by atoms with E-state index in [0.717, 1.165) is 38.1 Å². The summed E-state index contributed by atoms with van der Waals surface area (Å²) < 4.78 is 91.9. The number of nitrogens with two attached hydrogens (primary N) is 1. The Hall–Kier alpha value is -1.41. The first-order chi connectivity index (χ1) is 13.9. The summed E-state index contributed by atoms with van der Waals surface area (Å²) in [5.74, 6) is 0. The van der Waals surface area contributed by atoms with E-state index in [0.29, 0.717) is 38.2 Å². The predicted octanol–water partition coefficient (Wildman–Crippen LogP) is 1.68. The van der Waals surface area contributed by atoms with E-state index in [9.17, 15) is 30.0 Å². The highest BCUT2D eigenvalue weighted by molar-refractivity contribution is 7.92. The van der Waals surface area contributed by atoms with E-state index < -0.39 is 35.2 Å². The van der Waals surface area contributed by atoms with Crippen LogP contribution in [0.25, 0.3) is 0 Å².